The molecule has 4 nitrogen and oxygen atoms in total. The lowest BCUT2D eigenvalue weighted by Crippen LogP contribution is -2.08. The summed E-state index contributed by atoms with van der Waals surface area (Å²) < 4.78 is 40.8. The van der Waals surface area contributed by atoms with Crippen molar-refractivity contribution >= 4 is 11.8 Å². The number of thioether (sulfide) groups is 1. The van der Waals surface area contributed by atoms with E-state index in [1.807, 2.05) is 32.0 Å². The molecule has 0 saturated carbocycles. The summed E-state index contributed by atoms with van der Waals surface area (Å²) >= 11 is 1.17. The molecule has 130 valence electrons. The number of aryl methyl sites for hydroxylation is 2. The Morgan fingerprint density at radius 2 is 1.84 bits per heavy atom. The normalized spacial score (nSPS) is 11.7. The van der Waals surface area contributed by atoms with Crippen LogP contribution in [0, 0.1) is 13.8 Å². The third kappa shape index (κ3) is 3.84. The van der Waals surface area contributed by atoms with Gasteiger partial charge in [-0.05, 0) is 47.5 Å². The lowest BCUT2D eigenvalue weighted by Gasteiger charge is -2.12. The molecule has 0 spiro atoms. The van der Waals surface area contributed by atoms with Gasteiger partial charge < -0.3 is 0 Å². The highest BCUT2D eigenvalue weighted by Gasteiger charge is 2.32. The molecule has 8 heteroatoms. The van der Waals surface area contributed by atoms with E-state index in [1.54, 1.807) is 10.7 Å². The Hall–Kier alpha value is -2.35. The van der Waals surface area contributed by atoms with E-state index in [0.29, 0.717) is 5.16 Å². The molecule has 0 fully saturated rings. The highest BCUT2D eigenvalue weighted by molar-refractivity contribution is 7.98. The fourth-order valence-electron chi connectivity index (χ4n) is 2.53. The van der Waals surface area contributed by atoms with Gasteiger partial charge in [0.25, 0.3) is 0 Å². The van der Waals surface area contributed by atoms with Crippen molar-refractivity contribution in [3.63, 3.8) is 0 Å². The van der Waals surface area contributed by atoms with Crippen molar-refractivity contribution in [1.29, 1.82) is 0 Å². The van der Waals surface area contributed by atoms with Gasteiger partial charge in [0, 0.05) is 5.75 Å². The molecule has 0 N–H and O–H groups in total. The minimum atomic E-state index is -4.38. The molecule has 25 heavy (non-hydrogen) atoms. The molecule has 3 rings (SSSR count). The zero-order chi connectivity index (χ0) is 18.0. The fraction of sp³-hybridized carbons (Fsp3) is 0.235. The van der Waals surface area contributed by atoms with Crippen molar-refractivity contribution in [2.75, 3.05) is 0 Å². The number of hydrogen-bond donors (Lipinski definition) is 0. The fourth-order valence-corrected chi connectivity index (χ4v) is 3.42. The van der Waals surface area contributed by atoms with E-state index in [1.165, 1.54) is 23.9 Å². The Labute approximate surface area is 147 Å². The minimum absolute atomic E-state index is 0.126. The molecule has 3 aromatic rings. The number of benzene rings is 2. The summed E-state index contributed by atoms with van der Waals surface area (Å²) in [6.45, 7) is 3.93. The largest absolute Gasteiger partial charge is 0.416 e. The number of halogens is 3. The molecule has 1 aromatic heterocycles. The van der Waals surface area contributed by atoms with Crippen LogP contribution in [0.3, 0.4) is 0 Å². The van der Waals surface area contributed by atoms with Crippen LogP contribution < -0.4 is 0 Å². The van der Waals surface area contributed by atoms with Crippen LogP contribution in [0.4, 0.5) is 13.2 Å². The third-order valence-corrected chi connectivity index (χ3v) is 4.67. The second-order valence-corrected chi connectivity index (χ2v) is 6.55. The summed E-state index contributed by atoms with van der Waals surface area (Å²) in [5, 5.41) is 12.0. The van der Waals surface area contributed by atoms with E-state index < -0.39 is 11.7 Å². The molecule has 2 aromatic carbocycles. The van der Waals surface area contributed by atoms with E-state index in [0.717, 1.165) is 22.9 Å². The molecule has 0 aliphatic carbocycles. The SMILES string of the molecule is Cc1ccc(-n2nnnc2SCc2ccccc2C(F)(F)F)c(C)c1. The Bertz CT molecular complexity index is 890. The van der Waals surface area contributed by atoms with Crippen molar-refractivity contribution in [3.05, 3.63) is 64.7 Å². The van der Waals surface area contributed by atoms with E-state index in [2.05, 4.69) is 15.5 Å². The quantitative estimate of drug-likeness (QED) is 0.635. The first-order chi connectivity index (χ1) is 11.9. The van der Waals surface area contributed by atoms with E-state index in [4.69, 9.17) is 0 Å². The predicted molar refractivity (Wildman–Crippen MR) is 89.6 cm³/mol. The number of hydrogen-bond acceptors (Lipinski definition) is 4. The molecular formula is C17H15F3N4S. The molecular weight excluding hydrogens is 349 g/mol. The molecule has 0 atom stereocenters. The van der Waals surface area contributed by atoms with Crippen LogP contribution in [-0.4, -0.2) is 20.2 Å². The van der Waals surface area contributed by atoms with Crippen LogP contribution in [0.25, 0.3) is 5.69 Å². The molecule has 0 amide bonds. The second-order valence-electron chi connectivity index (χ2n) is 5.61. The molecule has 0 aliphatic heterocycles. The first-order valence-corrected chi connectivity index (χ1v) is 8.49. The van der Waals surface area contributed by atoms with Gasteiger partial charge in [-0.1, -0.05) is 47.7 Å². The maximum absolute atomic E-state index is 13.1. The average molecular weight is 364 g/mol. The Morgan fingerprint density at radius 3 is 2.56 bits per heavy atom. The van der Waals surface area contributed by atoms with Crippen molar-refractivity contribution in [1.82, 2.24) is 20.2 Å². The first-order valence-electron chi connectivity index (χ1n) is 7.50. The number of tetrazole rings is 1. The van der Waals surface area contributed by atoms with Crippen molar-refractivity contribution in [2.24, 2.45) is 0 Å². The van der Waals surface area contributed by atoms with E-state index >= 15 is 0 Å². The molecule has 1 heterocycles. The van der Waals surface area contributed by atoms with Gasteiger partial charge >= 0.3 is 6.18 Å². The monoisotopic (exact) mass is 364 g/mol. The van der Waals surface area contributed by atoms with Gasteiger partial charge in [0.05, 0.1) is 11.3 Å². The van der Waals surface area contributed by atoms with Gasteiger partial charge in [-0.3, -0.25) is 0 Å². The van der Waals surface area contributed by atoms with Gasteiger partial charge in [-0.15, -0.1) is 5.10 Å². The predicted octanol–water partition coefficient (Wildman–Crippen LogP) is 4.59. The lowest BCUT2D eigenvalue weighted by molar-refractivity contribution is -0.138. The summed E-state index contributed by atoms with van der Waals surface area (Å²) in [6, 6.07) is 11.4. The molecule has 0 unspecified atom stereocenters. The van der Waals surface area contributed by atoms with Crippen LogP contribution in [0.15, 0.2) is 47.6 Å². The Kier molecular flexibility index (Phi) is 4.80. The topological polar surface area (TPSA) is 43.6 Å². The smallest absolute Gasteiger partial charge is 0.187 e. The van der Waals surface area contributed by atoms with Gasteiger partial charge in [0.15, 0.2) is 0 Å². The molecule has 0 saturated heterocycles. The minimum Gasteiger partial charge on any atom is -0.187 e. The van der Waals surface area contributed by atoms with Gasteiger partial charge in [0.1, 0.15) is 0 Å². The zero-order valence-corrected chi connectivity index (χ0v) is 14.4. The van der Waals surface area contributed by atoms with Crippen LogP contribution in [0.5, 0.6) is 0 Å². The third-order valence-electron chi connectivity index (χ3n) is 3.70. The van der Waals surface area contributed by atoms with Crippen molar-refractivity contribution in [3.8, 4) is 5.69 Å². The van der Waals surface area contributed by atoms with Gasteiger partial charge in [-0.2, -0.15) is 17.9 Å². The second kappa shape index (κ2) is 6.87. The number of rotatable bonds is 4. The van der Waals surface area contributed by atoms with Gasteiger partial charge in [0.2, 0.25) is 5.16 Å². The van der Waals surface area contributed by atoms with Crippen LogP contribution >= 0.6 is 11.8 Å². The summed E-state index contributed by atoms with van der Waals surface area (Å²) in [5.74, 6) is 0.126. The molecule has 0 radical (unpaired) electrons. The Morgan fingerprint density at radius 1 is 1.08 bits per heavy atom. The highest BCUT2D eigenvalue weighted by Crippen LogP contribution is 2.34. The first kappa shape index (κ1) is 17.5. The summed E-state index contributed by atoms with van der Waals surface area (Å²) in [5.41, 5.74) is 2.48. The van der Waals surface area contributed by atoms with E-state index in [9.17, 15) is 13.2 Å². The van der Waals surface area contributed by atoms with Crippen LogP contribution in [0.2, 0.25) is 0 Å². The zero-order valence-electron chi connectivity index (χ0n) is 13.6. The maximum atomic E-state index is 13.1. The molecule has 0 aliphatic rings. The number of aromatic nitrogens is 4. The van der Waals surface area contributed by atoms with E-state index in [-0.39, 0.29) is 11.3 Å². The Balaban J connectivity index is 1.86. The lowest BCUT2D eigenvalue weighted by atomic mass is 10.1. The molecule has 0 bridgehead atoms. The van der Waals surface area contributed by atoms with Crippen LogP contribution in [-0.2, 0) is 11.9 Å². The standard InChI is InChI=1S/C17H15F3N4S/c1-11-7-8-15(12(2)9-11)24-16(21-22-23-24)25-10-13-5-3-4-6-14(13)17(18,19)20/h3-9H,10H2,1-2H3. The van der Waals surface area contributed by atoms with Crippen molar-refractivity contribution in [2.45, 2.75) is 30.9 Å². The maximum Gasteiger partial charge on any atom is 0.416 e. The van der Waals surface area contributed by atoms with Gasteiger partial charge in [-0.25, -0.2) is 0 Å². The highest BCUT2D eigenvalue weighted by atomic mass is 32.2. The van der Waals surface area contributed by atoms with Crippen LogP contribution in [0.1, 0.15) is 22.3 Å². The number of nitrogens with zero attached hydrogens (tertiary/aromatic N) is 4. The average Bonchev–Trinajstić information content (AvgIpc) is 3.00. The summed E-state index contributed by atoms with van der Waals surface area (Å²) in [4.78, 5) is 0. The van der Waals surface area contributed by atoms with Crippen molar-refractivity contribution < 1.29 is 13.2 Å². The number of alkyl halides is 3. The summed E-state index contributed by atoms with van der Waals surface area (Å²) in [7, 11) is 0. The summed E-state index contributed by atoms with van der Waals surface area (Å²) in [6.07, 6.45) is -4.38.